The fourth-order valence-corrected chi connectivity index (χ4v) is 3.38. The highest BCUT2D eigenvalue weighted by molar-refractivity contribution is 5.96. The van der Waals surface area contributed by atoms with Gasteiger partial charge in [-0.15, -0.1) is 0 Å². The summed E-state index contributed by atoms with van der Waals surface area (Å²) in [7, 11) is 4.06. The Balaban J connectivity index is 1.80. The second kappa shape index (κ2) is 5.88. The van der Waals surface area contributed by atoms with Gasteiger partial charge in [-0.05, 0) is 34.4 Å². The summed E-state index contributed by atoms with van der Waals surface area (Å²) in [4.78, 5) is 39.4. The van der Waals surface area contributed by atoms with Gasteiger partial charge in [0, 0.05) is 25.3 Å². The lowest BCUT2D eigenvalue weighted by atomic mass is 10.1. The van der Waals surface area contributed by atoms with Crippen molar-refractivity contribution in [2.24, 2.45) is 0 Å². The molecule has 0 N–H and O–H groups in total. The van der Waals surface area contributed by atoms with E-state index in [9.17, 15) is 9.59 Å². The van der Waals surface area contributed by atoms with Crippen LogP contribution >= 0.6 is 0 Å². The van der Waals surface area contributed by atoms with E-state index in [2.05, 4.69) is 14.9 Å². The number of hydrogen-bond donors (Lipinski definition) is 0. The molecule has 2 saturated heterocycles. The van der Waals surface area contributed by atoms with Gasteiger partial charge in [-0.1, -0.05) is 0 Å². The van der Waals surface area contributed by atoms with Gasteiger partial charge in [0.05, 0.1) is 17.9 Å². The summed E-state index contributed by atoms with van der Waals surface area (Å²) in [6.45, 7) is 4.92. The molecule has 3 heterocycles. The van der Waals surface area contributed by atoms with Crippen LogP contribution in [0.4, 0.5) is 0 Å². The SMILES string of the molecule is Cc1cnc(C(=O)N2CC3CC(N(C)C)CN3C(=O)C2C)cn1. The van der Waals surface area contributed by atoms with Crippen LogP contribution in [0.3, 0.4) is 0 Å². The minimum absolute atomic E-state index is 0.0269. The van der Waals surface area contributed by atoms with Gasteiger partial charge in [0.15, 0.2) is 0 Å². The first-order valence-electron chi connectivity index (χ1n) is 7.95. The molecule has 0 aromatic carbocycles. The monoisotopic (exact) mass is 317 g/mol. The molecule has 3 atom stereocenters. The molecule has 0 aliphatic carbocycles. The van der Waals surface area contributed by atoms with Gasteiger partial charge in [-0.3, -0.25) is 14.6 Å². The molecule has 23 heavy (non-hydrogen) atoms. The molecule has 7 heteroatoms. The van der Waals surface area contributed by atoms with E-state index in [1.807, 2.05) is 25.9 Å². The van der Waals surface area contributed by atoms with Crippen LogP contribution < -0.4 is 0 Å². The molecule has 2 amide bonds. The molecule has 2 aliphatic heterocycles. The van der Waals surface area contributed by atoms with Gasteiger partial charge in [0.1, 0.15) is 11.7 Å². The molecular formula is C16H23N5O2. The summed E-state index contributed by atoms with van der Waals surface area (Å²) < 4.78 is 0. The Morgan fingerprint density at radius 2 is 2.00 bits per heavy atom. The van der Waals surface area contributed by atoms with Crippen molar-refractivity contribution in [1.29, 1.82) is 0 Å². The third-order valence-corrected chi connectivity index (χ3v) is 4.90. The maximum absolute atomic E-state index is 12.7. The number of rotatable bonds is 2. The highest BCUT2D eigenvalue weighted by Gasteiger charge is 2.45. The topological polar surface area (TPSA) is 69.6 Å². The van der Waals surface area contributed by atoms with Crippen molar-refractivity contribution in [2.75, 3.05) is 27.2 Å². The Hall–Kier alpha value is -2.02. The van der Waals surface area contributed by atoms with Crippen molar-refractivity contribution >= 4 is 11.8 Å². The third kappa shape index (κ3) is 2.81. The summed E-state index contributed by atoms with van der Waals surface area (Å²) in [5.41, 5.74) is 1.06. The summed E-state index contributed by atoms with van der Waals surface area (Å²) in [6, 6.07) is -0.0124. The third-order valence-electron chi connectivity index (χ3n) is 4.90. The Kier molecular flexibility index (Phi) is 4.06. The largest absolute Gasteiger partial charge is 0.335 e. The second-order valence-electron chi connectivity index (χ2n) is 6.67. The van der Waals surface area contributed by atoms with E-state index in [1.165, 1.54) is 6.20 Å². The number of piperazine rings is 1. The number of carbonyl (C=O) groups is 2. The summed E-state index contributed by atoms with van der Waals surface area (Å²) in [6.07, 6.45) is 3.96. The number of hydrogen-bond acceptors (Lipinski definition) is 5. The van der Waals surface area contributed by atoms with E-state index in [4.69, 9.17) is 0 Å². The van der Waals surface area contributed by atoms with Crippen LogP contribution in [0.2, 0.25) is 0 Å². The quantitative estimate of drug-likeness (QED) is 0.777. The first-order chi connectivity index (χ1) is 10.9. The zero-order valence-electron chi connectivity index (χ0n) is 14.1. The van der Waals surface area contributed by atoms with E-state index in [0.717, 1.165) is 18.7 Å². The van der Waals surface area contributed by atoms with Crippen LogP contribution in [0.5, 0.6) is 0 Å². The van der Waals surface area contributed by atoms with Gasteiger partial charge < -0.3 is 14.7 Å². The lowest BCUT2D eigenvalue weighted by Crippen LogP contribution is -2.60. The van der Waals surface area contributed by atoms with Crippen molar-refractivity contribution in [2.45, 2.75) is 38.4 Å². The molecule has 0 spiro atoms. The molecule has 0 saturated carbocycles. The zero-order chi connectivity index (χ0) is 16.7. The predicted octanol–water partition coefficient (Wildman–Crippen LogP) is 0.160. The van der Waals surface area contributed by atoms with Gasteiger partial charge >= 0.3 is 0 Å². The number of nitrogens with zero attached hydrogens (tertiary/aromatic N) is 5. The van der Waals surface area contributed by atoms with Crippen LogP contribution in [0.25, 0.3) is 0 Å². The second-order valence-corrected chi connectivity index (χ2v) is 6.67. The van der Waals surface area contributed by atoms with Crippen molar-refractivity contribution in [3.05, 3.63) is 23.8 Å². The average Bonchev–Trinajstić information content (AvgIpc) is 2.95. The van der Waals surface area contributed by atoms with Crippen molar-refractivity contribution in [3.63, 3.8) is 0 Å². The fourth-order valence-electron chi connectivity index (χ4n) is 3.38. The molecular weight excluding hydrogens is 294 g/mol. The van der Waals surface area contributed by atoms with Gasteiger partial charge in [0.25, 0.3) is 5.91 Å². The minimum atomic E-state index is -0.456. The molecule has 0 bridgehead atoms. The molecule has 124 valence electrons. The van der Waals surface area contributed by atoms with E-state index in [1.54, 1.807) is 18.0 Å². The molecule has 2 fully saturated rings. The first kappa shape index (κ1) is 15.9. The van der Waals surface area contributed by atoms with Crippen LogP contribution in [0.15, 0.2) is 12.4 Å². The molecule has 3 unspecified atom stereocenters. The van der Waals surface area contributed by atoms with Gasteiger partial charge in [-0.2, -0.15) is 0 Å². The number of aryl methyl sites for hydroxylation is 1. The lowest BCUT2D eigenvalue weighted by Gasteiger charge is -2.41. The minimum Gasteiger partial charge on any atom is -0.335 e. The predicted molar refractivity (Wildman–Crippen MR) is 84.9 cm³/mol. The van der Waals surface area contributed by atoms with Crippen LogP contribution in [0.1, 0.15) is 29.5 Å². The Labute approximate surface area is 136 Å². The van der Waals surface area contributed by atoms with Crippen molar-refractivity contribution in [3.8, 4) is 0 Å². The molecule has 3 rings (SSSR count). The fraction of sp³-hybridized carbons (Fsp3) is 0.625. The molecule has 2 aliphatic rings. The Morgan fingerprint density at radius 1 is 1.26 bits per heavy atom. The van der Waals surface area contributed by atoms with E-state index < -0.39 is 6.04 Å². The molecule has 7 nitrogen and oxygen atoms in total. The number of likely N-dealkylation sites (N-methyl/N-ethyl adjacent to an activating group) is 1. The Morgan fingerprint density at radius 3 is 2.61 bits per heavy atom. The highest BCUT2D eigenvalue weighted by Crippen LogP contribution is 2.28. The Bertz CT molecular complexity index is 615. The van der Waals surface area contributed by atoms with Crippen molar-refractivity contribution < 1.29 is 9.59 Å². The highest BCUT2D eigenvalue weighted by atomic mass is 16.2. The molecule has 1 aromatic rings. The molecule has 0 radical (unpaired) electrons. The average molecular weight is 317 g/mol. The summed E-state index contributed by atoms with van der Waals surface area (Å²) in [5.74, 6) is -0.190. The van der Waals surface area contributed by atoms with Gasteiger partial charge in [0.2, 0.25) is 5.91 Å². The maximum atomic E-state index is 12.7. The van der Waals surface area contributed by atoms with E-state index >= 15 is 0 Å². The van der Waals surface area contributed by atoms with Crippen LogP contribution in [0, 0.1) is 6.92 Å². The van der Waals surface area contributed by atoms with Gasteiger partial charge in [-0.25, -0.2) is 4.98 Å². The number of carbonyl (C=O) groups excluding carboxylic acids is 2. The van der Waals surface area contributed by atoms with Crippen LogP contribution in [-0.2, 0) is 4.79 Å². The van der Waals surface area contributed by atoms with Crippen molar-refractivity contribution in [1.82, 2.24) is 24.7 Å². The summed E-state index contributed by atoms with van der Waals surface area (Å²) >= 11 is 0. The summed E-state index contributed by atoms with van der Waals surface area (Å²) in [5, 5.41) is 0. The number of fused-ring (bicyclic) bond motifs is 1. The van der Waals surface area contributed by atoms with E-state index in [-0.39, 0.29) is 17.9 Å². The lowest BCUT2D eigenvalue weighted by molar-refractivity contribution is -0.141. The zero-order valence-corrected chi connectivity index (χ0v) is 14.1. The number of amides is 2. The normalized spacial score (nSPS) is 27.5. The van der Waals surface area contributed by atoms with Crippen LogP contribution in [-0.4, -0.2) is 81.8 Å². The standard InChI is InChI=1S/C16H23N5O2/c1-10-6-18-14(7-17-10)16(23)20-9-13-5-12(19(3)4)8-21(13)15(22)11(20)2/h6-7,11-13H,5,8-9H2,1-4H3. The first-order valence-corrected chi connectivity index (χ1v) is 7.95. The smallest absolute Gasteiger partial charge is 0.274 e. The van der Waals surface area contributed by atoms with E-state index in [0.29, 0.717) is 18.3 Å². The maximum Gasteiger partial charge on any atom is 0.274 e. The molecule has 1 aromatic heterocycles. The number of aromatic nitrogens is 2.